The van der Waals surface area contributed by atoms with Crippen molar-refractivity contribution in [1.82, 2.24) is 0 Å². The molecule has 1 heterocycles. The summed E-state index contributed by atoms with van der Waals surface area (Å²) in [6.45, 7) is -0.0585. The first-order valence-corrected chi connectivity index (χ1v) is 9.41. The predicted molar refractivity (Wildman–Crippen MR) is 112 cm³/mol. The first kappa shape index (κ1) is 21.8. The lowest BCUT2D eigenvalue weighted by Gasteiger charge is -2.09. The smallest absolute Gasteiger partial charge is 0.296 e. The van der Waals surface area contributed by atoms with Gasteiger partial charge in [-0.2, -0.15) is 0 Å². The summed E-state index contributed by atoms with van der Waals surface area (Å²) >= 11 is 18.0. The largest absolute Gasteiger partial charge is 0.496 e. The summed E-state index contributed by atoms with van der Waals surface area (Å²) in [5.41, 5.74) is -0.315. The topological polar surface area (TPSA) is 104 Å². The molecular formula is C19H13Cl3N2O6. The number of furan rings is 1. The number of hydrogen-bond donors (Lipinski definition) is 1. The summed E-state index contributed by atoms with van der Waals surface area (Å²) < 4.78 is 16.0. The fourth-order valence-corrected chi connectivity index (χ4v) is 3.39. The number of benzene rings is 2. The molecule has 0 spiro atoms. The molecule has 156 valence electrons. The molecular weight excluding hydrogens is 459 g/mol. The number of nitrogens with one attached hydrogen (secondary N) is 1. The lowest BCUT2D eigenvalue weighted by atomic mass is 10.2. The number of nitro benzene ring substituents is 1. The molecule has 3 aromatic rings. The molecule has 0 unspecified atom stereocenters. The van der Waals surface area contributed by atoms with Crippen LogP contribution in [0, 0.1) is 10.1 Å². The number of methoxy groups -OCH3 is 1. The predicted octanol–water partition coefficient (Wildman–Crippen LogP) is 5.99. The second-order valence-electron chi connectivity index (χ2n) is 5.85. The Morgan fingerprint density at radius 3 is 2.47 bits per heavy atom. The van der Waals surface area contributed by atoms with E-state index in [-0.39, 0.29) is 45.3 Å². The van der Waals surface area contributed by atoms with Crippen LogP contribution >= 0.6 is 34.8 Å². The molecule has 0 bridgehead atoms. The Labute approximate surface area is 185 Å². The average molecular weight is 472 g/mol. The van der Waals surface area contributed by atoms with Crippen molar-refractivity contribution in [2.24, 2.45) is 0 Å². The van der Waals surface area contributed by atoms with Crippen molar-refractivity contribution < 1.29 is 23.6 Å². The quantitative estimate of drug-likeness (QED) is 0.335. The van der Waals surface area contributed by atoms with Crippen molar-refractivity contribution in [3.8, 4) is 11.5 Å². The zero-order valence-electron chi connectivity index (χ0n) is 15.3. The summed E-state index contributed by atoms with van der Waals surface area (Å²) in [6.07, 6.45) is 0. The Morgan fingerprint density at radius 2 is 1.83 bits per heavy atom. The van der Waals surface area contributed by atoms with Gasteiger partial charge in [0.25, 0.3) is 11.6 Å². The second kappa shape index (κ2) is 9.25. The fraction of sp³-hybridized carbons (Fsp3) is 0.105. The standard InChI is InChI=1S/C19H13Cl3N2O6/c1-28-11-2-4-15(16(8-11)24(26)27)23-19(25)17-5-3-12(30-17)9-29-18-13(21)6-10(20)7-14(18)22/h2-8H,9H2,1H3,(H,23,25). The minimum atomic E-state index is -0.669. The average Bonchev–Trinajstić information content (AvgIpc) is 3.16. The Kier molecular flexibility index (Phi) is 6.71. The molecule has 30 heavy (non-hydrogen) atoms. The molecule has 0 atom stereocenters. The van der Waals surface area contributed by atoms with E-state index < -0.39 is 10.8 Å². The lowest BCUT2D eigenvalue weighted by Crippen LogP contribution is -2.12. The highest BCUT2D eigenvalue weighted by Crippen LogP contribution is 2.36. The van der Waals surface area contributed by atoms with Gasteiger partial charge in [-0.1, -0.05) is 34.8 Å². The Morgan fingerprint density at radius 1 is 1.13 bits per heavy atom. The zero-order valence-corrected chi connectivity index (χ0v) is 17.5. The number of nitro groups is 1. The molecule has 0 radical (unpaired) electrons. The van der Waals surface area contributed by atoms with Gasteiger partial charge in [-0.15, -0.1) is 0 Å². The van der Waals surface area contributed by atoms with Gasteiger partial charge in [-0.25, -0.2) is 0 Å². The van der Waals surface area contributed by atoms with Crippen molar-refractivity contribution in [2.75, 3.05) is 12.4 Å². The number of hydrogen-bond acceptors (Lipinski definition) is 6. The Balaban J connectivity index is 1.71. The summed E-state index contributed by atoms with van der Waals surface area (Å²) in [7, 11) is 1.38. The molecule has 3 rings (SSSR count). The summed E-state index contributed by atoms with van der Waals surface area (Å²) in [6, 6.07) is 9.95. The van der Waals surface area contributed by atoms with Crippen LogP contribution in [0.15, 0.2) is 46.9 Å². The molecule has 0 saturated heterocycles. The van der Waals surface area contributed by atoms with Gasteiger partial charge in [0.05, 0.1) is 28.1 Å². The zero-order chi connectivity index (χ0) is 21.8. The van der Waals surface area contributed by atoms with Crippen molar-refractivity contribution >= 4 is 52.1 Å². The molecule has 1 aromatic heterocycles. The van der Waals surface area contributed by atoms with Gasteiger partial charge in [0.2, 0.25) is 0 Å². The van der Waals surface area contributed by atoms with Gasteiger partial charge in [-0.3, -0.25) is 14.9 Å². The number of amides is 1. The Hall–Kier alpha value is -2.94. The highest BCUT2D eigenvalue weighted by Gasteiger charge is 2.20. The van der Waals surface area contributed by atoms with Crippen LogP contribution in [0.1, 0.15) is 16.3 Å². The van der Waals surface area contributed by atoms with Crippen LogP contribution in [0.5, 0.6) is 11.5 Å². The van der Waals surface area contributed by atoms with Gasteiger partial charge in [-0.05, 0) is 36.4 Å². The maximum Gasteiger partial charge on any atom is 0.296 e. The third-order valence-electron chi connectivity index (χ3n) is 3.86. The fourth-order valence-electron chi connectivity index (χ4n) is 2.47. The number of anilines is 1. The minimum absolute atomic E-state index is 0.000252. The molecule has 0 fully saturated rings. The van der Waals surface area contributed by atoms with E-state index in [4.69, 9.17) is 48.7 Å². The van der Waals surface area contributed by atoms with Crippen LogP contribution in [0.2, 0.25) is 15.1 Å². The van der Waals surface area contributed by atoms with Crippen LogP contribution in [0.4, 0.5) is 11.4 Å². The highest BCUT2D eigenvalue weighted by molar-refractivity contribution is 6.40. The summed E-state index contributed by atoms with van der Waals surface area (Å²) in [4.78, 5) is 23.0. The number of carbonyl (C=O) groups excluding carboxylic acids is 1. The van der Waals surface area contributed by atoms with Gasteiger partial charge in [0.1, 0.15) is 23.8 Å². The monoisotopic (exact) mass is 470 g/mol. The van der Waals surface area contributed by atoms with Gasteiger partial charge < -0.3 is 19.2 Å². The molecule has 11 heteroatoms. The maximum atomic E-state index is 12.4. The van der Waals surface area contributed by atoms with Gasteiger partial charge in [0.15, 0.2) is 11.5 Å². The summed E-state index contributed by atoms with van der Waals surface area (Å²) in [5.74, 6) is 0.0891. The van der Waals surface area contributed by atoms with Crippen molar-refractivity contribution in [1.29, 1.82) is 0 Å². The van der Waals surface area contributed by atoms with E-state index in [0.29, 0.717) is 10.8 Å². The van der Waals surface area contributed by atoms with E-state index in [0.717, 1.165) is 0 Å². The molecule has 1 amide bonds. The second-order valence-corrected chi connectivity index (χ2v) is 7.10. The highest BCUT2D eigenvalue weighted by atomic mass is 35.5. The van der Waals surface area contributed by atoms with E-state index in [1.54, 1.807) is 0 Å². The van der Waals surface area contributed by atoms with E-state index in [1.165, 1.54) is 49.6 Å². The minimum Gasteiger partial charge on any atom is -0.496 e. The van der Waals surface area contributed by atoms with Crippen molar-refractivity contribution in [3.63, 3.8) is 0 Å². The third kappa shape index (κ3) is 4.96. The molecule has 8 nitrogen and oxygen atoms in total. The number of carbonyl (C=O) groups is 1. The van der Waals surface area contributed by atoms with Crippen LogP contribution in [-0.4, -0.2) is 17.9 Å². The summed E-state index contributed by atoms with van der Waals surface area (Å²) in [5, 5.41) is 14.5. The normalized spacial score (nSPS) is 10.5. The number of ether oxygens (including phenoxy) is 2. The lowest BCUT2D eigenvalue weighted by molar-refractivity contribution is -0.384. The van der Waals surface area contributed by atoms with Crippen molar-refractivity contribution in [3.05, 3.63) is 79.2 Å². The van der Waals surface area contributed by atoms with Crippen LogP contribution in [0.3, 0.4) is 0 Å². The number of halogens is 3. The Bertz CT molecular complexity index is 1090. The van der Waals surface area contributed by atoms with Crippen LogP contribution in [0.25, 0.3) is 0 Å². The van der Waals surface area contributed by atoms with Crippen LogP contribution in [-0.2, 0) is 6.61 Å². The third-order valence-corrected chi connectivity index (χ3v) is 4.64. The molecule has 0 saturated carbocycles. The van der Waals surface area contributed by atoms with Crippen LogP contribution < -0.4 is 14.8 Å². The van der Waals surface area contributed by atoms with Gasteiger partial charge >= 0.3 is 0 Å². The molecule has 0 aliphatic carbocycles. The number of rotatable bonds is 7. The SMILES string of the molecule is COc1ccc(NC(=O)c2ccc(COc3c(Cl)cc(Cl)cc3Cl)o2)c([N+](=O)[O-])c1. The van der Waals surface area contributed by atoms with Crippen molar-refractivity contribution in [2.45, 2.75) is 6.61 Å². The van der Waals surface area contributed by atoms with E-state index >= 15 is 0 Å². The molecule has 1 N–H and O–H groups in total. The molecule has 0 aliphatic heterocycles. The first-order valence-electron chi connectivity index (χ1n) is 8.28. The van der Waals surface area contributed by atoms with E-state index in [2.05, 4.69) is 5.32 Å². The first-order chi connectivity index (χ1) is 14.3. The number of nitrogens with zero attached hydrogens (tertiary/aromatic N) is 1. The van der Waals surface area contributed by atoms with Gasteiger partial charge in [0, 0.05) is 5.02 Å². The molecule has 0 aliphatic rings. The maximum absolute atomic E-state index is 12.4. The molecule has 2 aromatic carbocycles. The van der Waals surface area contributed by atoms with E-state index in [9.17, 15) is 14.9 Å². The van der Waals surface area contributed by atoms with E-state index in [1.807, 2.05) is 0 Å².